The van der Waals surface area contributed by atoms with Crippen molar-refractivity contribution in [1.82, 2.24) is 44.9 Å². The summed E-state index contributed by atoms with van der Waals surface area (Å²) in [5.74, 6) is 5.97. The molecule has 24 rings (SSSR count). The molecule has 612 valence electrons. The molecule has 21 aromatic rings. The lowest BCUT2D eigenvalue weighted by Gasteiger charge is -2.22. The Labute approximate surface area is 751 Å². The Morgan fingerprint density at radius 2 is 0.364 bits per heavy atom. The van der Waals surface area contributed by atoms with Crippen LogP contribution in [0, 0.1) is 0 Å². The smallest absolute Gasteiger partial charge is 0.164 e. The summed E-state index contributed by atoms with van der Waals surface area (Å²) in [4.78, 5) is 44.2. The Morgan fingerprint density at radius 1 is 0.132 bits per heavy atom. The number of hydrogen-bond acceptors (Lipinski definition) is 9. The maximum atomic E-state index is 4.96. The van der Waals surface area contributed by atoms with E-state index in [0.29, 0.717) is 52.4 Å². The molecular formula is C120H87N9. The summed E-state index contributed by atoms with van der Waals surface area (Å²) in [6, 6.07) is 147. The lowest BCUT2D eigenvalue weighted by Crippen LogP contribution is -2.14. The minimum atomic E-state index is -0.0539. The normalized spacial score (nSPS) is 13.1. The van der Waals surface area contributed by atoms with Crippen LogP contribution >= 0.6 is 0 Å². The average molecular weight is 1660 g/mol. The third-order valence-electron chi connectivity index (χ3n) is 26.1. The highest BCUT2D eigenvalue weighted by molar-refractivity contribution is 6.03. The van der Waals surface area contributed by atoms with E-state index in [9.17, 15) is 0 Å². The largest absolute Gasteiger partial charge is 0.208 e. The molecule has 0 amide bonds. The monoisotopic (exact) mass is 1650 g/mol. The Bertz CT molecular complexity index is 7740. The van der Waals surface area contributed by atoms with Crippen LogP contribution in [0.2, 0.25) is 0 Å². The molecule has 0 unspecified atom stereocenters. The summed E-state index contributed by atoms with van der Waals surface area (Å²) in [5.41, 5.74) is 31.9. The molecule has 0 aliphatic heterocycles. The molecule has 3 heterocycles. The van der Waals surface area contributed by atoms with E-state index >= 15 is 0 Å². The van der Waals surface area contributed by atoms with Crippen molar-refractivity contribution < 1.29 is 0 Å². The van der Waals surface area contributed by atoms with Gasteiger partial charge < -0.3 is 0 Å². The van der Waals surface area contributed by atoms with Crippen LogP contribution in [0.15, 0.2) is 419 Å². The summed E-state index contributed by atoms with van der Waals surface area (Å²) >= 11 is 0. The fourth-order valence-electron chi connectivity index (χ4n) is 19.3. The first-order valence-corrected chi connectivity index (χ1v) is 44.1. The van der Waals surface area contributed by atoms with Crippen molar-refractivity contribution in [3.63, 3.8) is 0 Å². The standard InChI is InChI=1S/3C40H29N3/c1-40(2)35-22-10-9-20-32(35)34-24-29-18-12-21-31(33(29)25-36(34)40)28-17-11-19-30(23-28)39-42-37(26-13-5-3-6-14-26)41-38(43-39)27-15-7-4-8-16-27;1-40(2)35-19-10-9-18-33(35)34-24-32-23-29(20-21-30(32)25-36(34)40)28-16-11-17-31(22-28)39-42-37(26-12-5-3-6-13-26)41-38(43-39)27-14-7-4-8-15-27;1-40(2)35-19-10-9-18-33(35)34-24-30-21-20-29(23-32(30)25-36(34)40)28-16-11-17-31(22-28)39-42-37(26-12-5-3-6-13-26)41-38(43-39)27-14-7-4-8-15-27/h3*3-25H,1-2H3. The fourth-order valence-corrected chi connectivity index (χ4v) is 19.3. The molecule has 3 aliphatic carbocycles. The van der Waals surface area contributed by atoms with Crippen LogP contribution in [-0.4, -0.2) is 44.9 Å². The summed E-state index contributed by atoms with van der Waals surface area (Å²) < 4.78 is 0. The second kappa shape index (κ2) is 32.4. The van der Waals surface area contributed by atoms with E-state index in [2.05, 4.69) is 278 Å². The summed E-state index contributed by atoms with van der Waals surface area (Å²) in [5, 5.41) is 7.50. The van der Waals surface area contributed by atoms with E-state index in [-0.39, 0.29) is 16.2 Å². The first kappa shape index (κ1) is 78.7. The zero-order valence-corrected chi connectivity index (χ0v) is 72.4. The third kappa shape index (κ3) is 14.7. The minimum Gasteiger partial charge on any atom is -0.208 e. The lowest BCUT2D eigenvalue weighted by molar-refractivity contribution is 0.661. The average Bonchev–Trinajstić information content (AvgIpc) is 1.58. The van der Waals surface area contributed by atoms with E-state index in [0.717, 1.165) is 66.8 Å². The van der Waals surface area contributed by atoms with Gasteiger partial charge >= 0.3 is 0 Å². The number of rotatable bonds is 12. The number of nitrogens with zero attached hydrogens (tertiary/aromatic N) is 9. The first-order chi connectivity index (χ1) is 63.1. The van der Waals surface area contributed by atoms with Crippen molar-refractivity contribution in [2.24, 2.45) is 0 Å². The van der Waals surface area contributed by atoms with Crippen LogP contribution in [0.3, 0.4) is 0 Å². The molecule has 0 saturated heterocycles. The van der Waals surface area contributed by atoms with Crippen molar-refractivity contribution >= 4 is 32.3 Å². The fraction of sp³-hybridized carbons (Fsp3) is 0.0750. The Hall–Kier alpha value is -16.2. The zero-order chi connectivity index (χ0) is 86.9. The van der Waals surface area contributed by atoms with Gasteiger partial charge in [0.05, 0.1) is 0 Å². The highest BCUT2D eigenvalue weighted by atomic mass is 15.1. The molecule has 0 spiro atoms. The topological polar surface area (TPSA) is 116 Å². The van der Waals surface area contributed by atoms with Crippen LogP contribution in [-0.2, 0) is 16.2 Å². The molecule has 129 heavy (non-hydrogen) atoms. The van der Waals surface area contributed by atoms with Crippen LogP contribution in [0.25, 0.3) is 202 Å². The van der Waals surface area contributed by atoms with E-state index in [1.165, 1.54) is 116 Å². The van der Waals surface area contributed by atoms with Crippen molar-refractivity contribution in [2.45, 2.75) is 57.8 Å². The van der Waals surface area contributed by atoms with Crippen LogP contribution < -0.4 is 0 Å². The molecule has 9 nitrogen and oxygen atoms in total. The molecule has 18 aromatic carbocycles. The minimum absolute atomic E-state index is 0.00509. The Kier molecular flexibility index (Phi) is 19.8. The maximum Gasteiger partial charge on any atom is 0.164 e. The van der Waals surface area contributed by atoms with Gasteiger partial charge in [-0.2, -0.15) is 0 Å². The molecule has 0 atom stereocenters. The van der Waals surface area contributed by atoms with Gasteiger partial charge in [-0.25, -0.2) is 44.9 Å². The van der Waals surface area contributed by atoms with Crippen molar-refractivity contribution in [3.05, 3.63) is 452 Å². The first-order valence-electron chi connectivity index (χ1n) is 44.1. The maximum absolute atomic E-state index is 4.96. The van der Waals surface area contributed by atoms with E-state index in [1.807, 2.05) is 182 Å². The van der Waals surface area contributed by atoms with E-state index < -0.39 is 0 Å². The number of aromatic nitrogens is 9. The van der Waals surface area contributed by atoms with Gasteiger partial charge in [-0.3, -0.25) is 0 Å². The number of benzene rings is 18. The molecule has 0 bridgehead atoms. The molecular weight excluding hydrogens is 1570 g/mol. The van der Waals surface area contributed by atoms with Gasteiger partial charge in [0, 0.05) is 66.3 Å². The molecule has 3 aliphatic rings. The molecule has 0 radical (unpaired) electrons. The van der Waals surface area contributed by atoms with Crippen LogP contribution in [0.4, 0.5) is 0 Å². The van der Waals surface area contributed by atoms with Gasteiger partial charge in [-0.05, 0) is 199 Å². The van der Waals surface area contributed by atoms with E-state index in [4.69, 9.17) is 44.9 Å². The SMILES string of the molecule is CC1(C)c2ccccc2-c2cc3cc(-c4cccc(-c5nc(-c6ccccc6)nc(-c6ccccc6)n5)c4)ccc3cc21.CC1(C)c2ccccc2-c2cc3ccc(-c4cccc(-c5nc(-c6ccccc6)nc(-c6ccccc6)n5)c4)cc3cc21.CC1(C)c2ccccc2-c2cc3cccc(-c4cccc(-c5nc(-c6ccccc6)nc(-c6ccccc6)n5)c4)c3cc21. The van der Waals surface area contributed by atoms with Gasteiger partial charge in [0.25, 0.3) is 0 Å². The van der Waals surface area contributed by atoms with Gasteiger partial charge in [-0.1, -0.05) is 393 Å². The third-order valence-corrected chi connectivity index (χ3v) is 26.1. The second-order valence-corrected chi connectivity index (χ2v) is 35.2. The second-order valence-electron chi connectivity index (χ2n) is 35.2. The molecule has 9 heteroatoms. The van der Waals surface area contributed by atoms with Crippen molar-refractivity contribution in [2.75, 3.05) is 0 Å². The molecule has 0 N–H and O–H groups in total. The quantitative estimate of drug-likeness (QED) is 0.118. The highest BCUT2D eigenvalue weighted by Gasteiger charge is 2.39. The van der Waals surface area contributed by atoms with Crippen LogP contribution in [0.5, 0.6) is 0 Å². The highest BCUT2D eigenvalue weighted by Crippen LogP contribution is 2.54. The number of fused-ring (bicyclic) bond motifs is 12. The number of hydrogen-bond donors (Lipinski definition) is 0. The predicted octanol–water partition coefficient (Wildman–Crippen LogP) is 30.0. The molecule has 0 fully saturated rings. The molecule has 3 aromatic heterocycles. The Balaban J connectivity index is 0.000000114. The van der Waals surface area contributed by atoms with E-state index in [1.54, 1.807) is 0 Å². The zero-order valence-electron chi connectivity index (χ0n) is 72.4. The van der Waals surface area contributed by atoms with Crippen LogP contribution in [0.1, 0.15) is 74.9 Å². The Morgan fingerprint density at radius 3 is 0.721 bits per heavy atom. The van der Waals surface area contributed by atoms with Gasteiger partial charge in [0.1, 0.15) is 0 Å². The lowest BCUT2D eigenvalue weighted by atomic mass is 9.81. The van der Waals surface area contributed by atoms with Gasteiger partial charge in [0.15, 0.2) is 52.4 Å². The van der Waals surface area contributed by atoms with Crippen molar-refractivity contribution in [1.29, 1.82) is 0 Å². The summed E-state index contributed by atoms with van der Waals surface area (Å²) in [7, 11) is 0. The summed E-state index contributed by atoms with van der Waals surface area (Å²) in [6.45, 7) is 14.0. The van der Waals surface area contributed by atoms with Gasteiger partial charge in [-0.15, -0.1) is 0 Å². The molecule has 0 saturated carbocycles. The van der Waals surface area contributed by atoms with Gasteiger partial charge in [0.2, 0.25) is 0 Å². The predicted molar refractivity (Wildman–Crippen MR) is 530 cm³/mol. The summed E-state index contributed by atoms with van der Waals surface area (Å²) in [6.07, 6.45) is 0. The van der Waals surface area contributed by atoms with Crippen molar-refractivity contribution in [3.8, 4) is 169 Å².